The van der Waals surface area contributed by atoms with Crippen LogP contribution in [-0.2, 0) is 0 Å². The van der Waals surface area contributed by atoms with Gasteiger partial charge < -0.3 is 5.32 Å². The minimum atomic E-state index is -0.367. The molecule has 0 spiro atoms. The molecule has 2 aromatic heterocycles. The molecule has 1 N–H and O–H groups in total. The molecule has 1 amide bonds. The first-order valence-electron chi connectivity index (χ1n) is 7.71. The fourth-order valence-electron chi connectivity index (χ4n) is 2.61. The highest BCUT2D eigenvalue weighted by atomic mass is 32.1. The van der Waals surface area contributed by atoms with Gasteiger partial charge in [0, 0.05) is 34.1 Å². The van der Waals surface area contributed by atoms with Gasteiger partial charge in [0.15, 0.2) is 4.96 Å². The average Bonchev–Trinajstić information content (AvgIpc) is 3.13. The van der Waals surface area contributed by atoms with E-state index in [2.05, 4.69) is 10.3 Å². The lowest BCUT2D eigenvalue weighted by Crippen LogP contribution is -2.11. The second kappa shape index (κ2) is 6.14. The van der Waals surface area contributed by atoms with Gasteiger partial charge in [0.25, 0.3) is 5.91 Å². The molecule has 4 aromatic rings. The van der Waals surface area contributed by atoms with Gasteiger partial charge in [-0.05, 0) is 43.3 Å². The number of nitrogens with zero attached hydrogens (tertiary/aromatic N) is 2. The van der Waals surface area contributed by atoms with E-state index in [1.165, 1.54) is 29.1 Å². The number of imidazole rings is 1. The lowest BCUT2D eigenvalue weighted by molar-refractivity contribution is 0.102. The van der Waals surface area contributed by atoms with Gasteiger partial charge in [0.1, 0.15) is 5.82 Å². The van der Waals surface area contributed by atoms with E-state index in [4.69, 9.17) is 0 Å². The number of nitrogens with one attached hydrogen (secondary N) is 1. The van der Waals surface area contributed by atoms with Crippen molar-refractivity contribution in [2.75, 3.05) is 5.32 Å². The highest BCUT2D eigenvalue weighted by Crippen LogP contribution is 2.25. The third kappa shape index (κ3) is 3.16. The molecule has 0 aliphatic heterocycles. The molecular weight excluding hydrogens is 337 g/mol. The molecule has 0 unspecified atom stereocenters. The molecule has 0 fully saturated rings. The molecule has 4 rings (SSSR count). The summed E-state index contributed by atoms with van der Waals surface area (Å²) in [5, 5.41) is 2.83. The number of hydrogen-bond donors (Lipinski definition) is 1. The zero-order valence-electron chi connectivity index (χ0n) is 13.4. The van der Waals surface area contributed by atoms with E-state index in [9.17, 15) is 9.18 Å². The number of fused-ring (bicyclic) bond motifs is 1. The SMILES string of the molecule is Cc1cn2cc(-c3cccc(NC(=O)c4ccc(F)cc4)c3)nc2s1. The van der Waals surface area contributed by atoms with Crippen LogP contribution in [0.4, 0.5) is 10.1 Å². The second-order valence-electron chi connectivity index (χ2n) is 5.70. The number of carbonyl (C=O) groups is 1. The number of hydrogen-bond acceptors (Lipinski definition) is 3. The predicted octanol–water partition coefficient (Wildman–Crippen LogP) is 4.76. The Bertz CT molecular complexity index is 1030. The van der Waals surface area contributed by atoms with Crippen LogP contribution in [0.25, 0.3) is 16.2 Å². The van der Waals surface area contributed by atoms with Crippen LogP contribution < -0.4 is 5.32 Å². The molecule has 25 heavy (non-hydrogen) atoms. The summed E-state index contributed by atoms with van der Waals surface area (Å²) < 4.78 is 15.0. The summed E-state index contributed by atoms with van der Waals surface area (Å²) in [5.74, 6) is -0.646. The normalized spacial score (nSPS) is 11.0. The first kappa shape index (κ1) is 15.5. The molecule has 0 aliphatic carbocycles. The van der Waals surface area contributed by atoms with Crippen molar-refractivity contribution in [3.05, 3.63) is 77.2 Å². The minimum Gasteiger partial charge on any atom is -0.322 e. The Morgan fingerprint density at radius 1 is 1.16 bits per heavy atom. The lowest BCUT2D eigenvalue weighted by atomic mass is 10.1. The largest absolute Gasteiger partial charge is 0.322 e. The van der Waals surface area contributed by atoms with Crippen molar-refractivity contribution in [1.29, 1.82) is 0 Å². The Hall–Kier alpha value is -2.99. The first-order chi connectivity index (χ1) is 12.1. The van der Waals surface area contributed by atoms with Crippen LogP contribution in [0.15, 0.2) is 60.9 Å². The van der Waals surface area contributed by atoms with Crippen molar-refractivity contribution in [2.45, 2.75) is 6.92 Å². The number of amides is 1. The highest BCUT2D eigenvalue weighted by molar-refractivity contribution is 7.17. The van der Waals surface area contributed by atoms with Crippen molar-refractivity contribution in [1.82, 2.24) is 9.38 Å². The number of anilines is 1. The molecule has 0 saturated heterocycles. The standard InChI is InChI=1S/C19H14FN3OS/c1-12-10-23-11-17(22-19(23)25-12)14-3-2-4-16(9-14)21-18(24)13-5-7-15(20)8-6-13/h2-11H,1H3,(H,21,24). The molecular formula is C19H14FN3OS. The maximum Gasteiger partial charge on any atom is 0.255 e. The topological polar surface area (TPSA) is 46.4 Å². The fraction of sp³-hybridized carbons (Fsp3) is 0.0526. The summed E-state index contributed by atoms with van der Waals surface area (Å²) >= 11 is 1.63. The maximum atomic E-state index is 13.0. The van der Waals surface area contributed by atoms with Gasteiger partial charge in [-0.2, -0.15) is 0 Å². The number of carbonyl (C=O) groups excluding carboxylic acids is 1. The summed E-state index contributed by atoms with van der Waals surface area (Å²) in [5.41, 5.74) is 2.85. The number of rotatable bonds is 3. The van der Waals surface area contributed by atoms with Crippen LogP contribution in [0.1, 0.15) is 15.2 Å². The summed E-state index contributed by atoms with van der Waals surface area (Å²) in [7, 11) is 0. The molecule has 2 heterocycles. The third-order valence-corrected chi connectivity index (χ3v) is 4.71. The summed E-state index contributed by atoms with van der Waals surface area (Å²) in [4.78, 5) is 19.0. The van der Waals surface area contributed by atoms with Gasteiger partial charge in [-0.25, -0.2) is 9.37 Å². The number of benzene rings is 2. The van der Waals surface area contributed by atoms with Crippen molar-refractivity contribution >= 4 is 27.9 Å². The Kier molecular flexibility index (Phi) is 3.82. The van der Waals surface area contributed by atoms with Gasteiger partial charge in [-0.1, -0.05) is 12.1 Å². The van der Waals surface area contributed by atoms with Crippen LogP contribution >= 0.6 is 11.3 Å². The monoisotopic (exact) mass is 351 g/mol. The van der Waals surface area contributed by atoms with Gasteiger partial charge in [-0.3, -0.25) is 9.20 Å². The Morgan fingerprint density at radius 3 is 2.72 bits per heavy atom. The van der Waals surface area contributed by atoms with Crippen molar-refractivity contribution in [3.8, 4) is 11.3 Å². The maximum absolute atomic E-state index is 13.0. The van der Waals surface area contributed by atoms with E-state index in [-0.39, 0.29) is 11.7 Å². The molecule has 0 aliphatic rings. The molecule has 0 saturated carbocycles. The zero-order valence-corrected chi connectivity index (χ0v) is 14.2. The lowest BCUT2D eigenvalue weighted by Gasteiger charge is -2.06. The van der Waals surface area contributed by atoms with Gasteiger partial charge in [0.05, 0.1) is 5.69 Å². The fourth-order valence-corrected chi connectivity index (χ4v) is 3.42. The van der Waals surface area contributed by atoms with Gasteiger partial charge in [0.2, 0.25) is 0 Å². The zero-order chi connectivity index (χ0) is 17.4. The average molecular weight is 351 g/mol. The van der Waals surface area contributed by atoms with Crippen molar-refractivity contribution in [2.24, 2.45) is 0 Å². The molecule has 0 atom stereocenters. The highest BCUT2D eigenvalue weighted by Gasteiger charge is 2.10. The summed E-state index contributed by atoms with van der Waals surface area (Å²) in [6.45, 7) is 2.05. The quantitative estimate of drug-likeness (QED) is 0.578. The first-order valence-corrected chi connectivity index (χ1v) is 8.53. The predicted molar refractivity (Wildman–Crippen MR) is 97.6 cm³/mol. The molecule has 0 bridgehead atoms. The van der Waals surface area contributed by atoms with E-state index >= 15 is 0 Å². The van der Waals surface area contributed by atoms with Crippen LogP contribution in [0.3, 0.4) is 0 Å². The van der Waals surface area contributed by atoms with Gasteiger partial charge in [-0.15, -0.1) is 11.3 Å². The minimum absolute atomic E-state index is 0.279. The Balaban J connectivity index is 1.59. The van der Waals surface area contributed by atoms with Crippen molar-refractivity contribution < 1.29 is 9.18 Å². The number of halogens is 1. The molecule has 6 heteroatoms. The Morgan fingerprint density at radius 2 is 1.96 bits per heavy atom. The number of aryl methyl sites for hydroxylation is 1. The second-order valence-corrected chi connectivity index (χ2v) is 6.91. The Labute approximate surface area is 147 Å². The van der Waals surface area contributed by atoms with Crippen LogP contribution in [-0.4, -0.2) is 15.3 Å². The van der Waals surface area contributed by atoms with E-state index in [0.717, 1.165) is 16.2 Å². The van der Waals surface area contributed by atoms with E-state index < -0.39 is 0 Å². The van der Waals surface area contributed by atoms with Crippen LogP contribution in [0.2, 0.25) is 0 Å². The van der Waals surface area contributed by atoms with Crippen LogP contribution in [0.5, 0.6) is 0 Å². The number of aromatic nitrogens is 2. The number of thiazole rings is 1. The molecule has 2 aromatic carbocycles. The summed E-state index contributed by atoms with van der Waals surface area (Å²) in [6.07, 6.45) is 4.01. The van der Waals surface area contributed by atoms with Gasteiger partial charge >= 0.3 is 0 Å². The smallest absolute Gasteiger partial charge is 0.255 e. The van der Waals surface area contributed by atoms with E-state index in [1.807, 2.05) is 48.0 Å². The molecule has 0 radical (unpaired) electrons. The third-order valence-electron chi connectivity index (χ3n) is 3.79. The molecule has 124 valence electrons. The van der Waals surface area contributed by atoms with Crippen molar-refractivity contribution in [3.63, 3.8) is 0 Å². The summed E-state index contributed by atoms with van der Waals surface area (Å²) in [6, 6.07) is 13.0. The molecule has 4 nitrogen and oxygen atoms in total. The van der Waals surface area contributed by atoms with E-state index in [1.54, 1.807) is 11.3 Å². The van der Waals surface area contributed by atoms with E-state index in [0.29, 0.717) is 11.3 Å². The van der Waals surface area contributed by atoms with Crippen LogP contribution in [0, 0.1) is 12.7 Å².